The highest BCUT2D eigenvalue weighted by Crippen LogP contribution is 2.56. The van der Waals surface area contributed by atoms with Crippen LogP contribution in [0.2, 0.25) is 0 Å². The van der Waals surface area contributed by atoms with Gasteiger partial charge >= 0.3 is 11.7 Å². The Kier molecular flexibility index (Phi) is 9.48. The number of benzene rings is 7. The first kappa shape index (κ1) is 42.8. The van der Waals surface area contributed by atoms with Crippen molar-refractivity contribution >= 4 is 11.0 Å². The number of pyridine rings is 1. The van der Waals surface area contributed by atoms with E-state index >= 15 is 0 Å². The molecule has 0 aliphatic carbocycles. The maximum absolute atomic E-state index is 9.31. The smallest absolute Gasteiger partial charge is 0.392 e. The monoisotopic (exact) mass is 932 g/mol. The minimum Gasteiger partial charge on any atom is -0.392 e. The Morgan fingerprint density at radius 2 is 1.27 bits per heavy atom. The van der Waals surface area contributed by atoms with Gasteiger partial charge in [0.05, 0.1) is 5.56 Å². The van der Waals surface area contributed by atoms with Gasteiger partial charge in [-0.1, -0.05) is 174 Å². The van der Waals surface area contributed by atoms with E-state index in [-0.39, 0.29) is 16.7 Å². The molecule has 7 aromatic carbocycles. The number of nitrogens with zero attached hydrogens (tertiary/aromatic N) is 3. The van der Waals surface area contributed by atoms with Crippen LogP contribution in [0.4, 0.5) is 0 Å². The van der Waals surface area contributed by atoms with Crippen molar-refractivity contribution in [3.05, 3.63) is 191 Å². The summed E-state index contributed by atoms with van der Waals surface area (Å²) in [5.74, 6) is -0.360. The molecule has 5 heterocycles. The Bertz CT molecular complexity index is 3780. The number of aryl methyl sites for hydroxylation is 1. The van der Waals surface area contributed by atoms with Crippen LogP contribution in [0, 0.1) is 6.92 Å². The zero-order valence-corrected chi connectivity index (χ0v) is 43.8. The molecule has 0 fully saturated rings. The Labute approximate surface area is 424 Å². The third-order valence-corrected chi connectivity index (χ3v) is 15.7. The van der Waals surface area contributed by atoms with Crippen LogP contribution < -0.4 is 13.9 Å². The molecule has 3 aliphatic rings. The highest BCUT2D eigenvalue weighted by Gasteiger charge is 2.69. The van der Waals surface area contributed by atoms with Crippen molar-refractivity contribution in [2.75, 3.05) is 0 Å². The standard InChI is InChI=1S/C67H67N3O/c1-39(2)43-25-27-45(28-26-43)46-31-32-68-59(36-46)54-35-48(44-19-15-14-16-20-44)34-53-52-23-18-24-58-62(52)70-64(55-37-49(65(8,9)10)38-56(66(11,12)13)63(55)71-67(68,70)61(53)54)69(58)57-30-29-47(33-42(57)7)60-50(40(3)4)21-17-22-51(60)41(5)6/h14-41H,1-13H3/q+2/i39D,40D. The fourth-order valence-corrected chi connectivity index (χ4v) is 12.0. The zero-order chi connectivity index (χ0) is 51.5. The van der Waals surface area contributed by atoms with E-state index in [2.05, 4.69) is 228 Å². The summed E-state index contributed by atoms with van der Waals surface area (Å²) in [5, 5.41) is 0. The molecule has 0 saturated carbocycles. The molecule has 12 rings (SSSR count). The highest BCUT2D eigenvalue weighted by atomic mass is 16.5. The zero-order valence-electron chi connectivity index (χ0n) is 45.8. The topological polar surface area (TPSA) is 21.9 Å². The number of rotatable bonds is 7. The molecule has 4 heteroatoms. The lowest BCUT2D eigenvalue weighted by molar-refractivity contribution is -0.997. The summed E-state index contributed by atoms with van der Waals surface area (Å²) in [6, 6.07) is 53.9. The van der Waals surface area contributed by atoms with Crippen LogP contribution in [0.25, 0.3) is 83.9 Å². The van der Waals surface area contributed by atoms with Crippen molar-refractivity contribution in [3.8, 4) is 78.6 Å². The molecular weight excluding hydrogens is 863 g/mol. The number of para-hydroxylation sites is 1. The maximum atomic E-state index is 9.31. The molecular formula is C67H67N3O+2. The molecule has 1 atom stereocenters. The average molecular weight is 932 g/mol. The van der Waals surface area contributed by atoms with Gasteiger partial charge in [-0.25, -0.2) is 0 Å². The minimum absolute atomic E-state index is 0.147. The Balaban J connectivity index is 1.22. The van der Waals surface area contributed by atoms with Crippen LogP contribution in [0.5, 0.6) is 5.75 Å². The molecule has 0 N–H and O–H groups in total. The third kappa shape index (κ3) is 6.62. The van der Waals surface area contributed by atoms with Crippen LogP contribution in [-0.4, -0.2) is 4.57 Å². The molecule has 354 valence electrons. The lowest BCUT2D eigenvalue weighted by Gasteiger charge is -2.36. The minimum atomic E-state index is -1.14. The normalized spacial score (nSPS) is 16.1. The summed E-state index contributed by atoms with van der Waals surface area (Å²) in [6.45, 7) is 28.6. The first-order valence-electron chi connectivity index (χ1n) is 26.6. The van der Waals surface area contributed by atoms with Crippen molar-refractivity contribution in [2.24, 2.45) is 0 Å². The number of ether oxygens (including phenoxy) is 1. The van der Waals surface area contributed by atoms with E-state index in [0.717, 1.165) is 106 Å². The van der Waals surface area contributed by atoms with Crippen LogP contribution >= 0.6 is 0 Å². The van der Waals surface area contributed by atoms with Gasteiger partial charge in [0.15, 0.2) is 23.0 Å². The van der Waals surface area contributed by atoms with Gasteiger partial charge in [0.1, 0.15) is 16.8 Å². The number of fused-ring (bicyclic) bond motifs is 5. The number of imidazole rings is 1. The van der Waals surface area contributed by atoms with Crippen molar-refractivity contribution in [3.63, 3.8) is 0 Å². The molecule has 71 heavy (non-hydrogen) atoms. The fourth-order valence-electron chi connectivity index (χ4n) is 12.0. The SMILES string of the molecule is [2H]C(C)(C)c1ccc(-c2cc[n+]3c(c2)-c2cc(-c4ccccc4)cc4c2C32Oc3c(cc(C(C)(C)C)cc3C(C)(C)C)-c3n(-c5ccc(-c6c(C(C)C)cccc6C([2H])(C)C)cc5C)c5cccc-4c5[n+]32)cc1. The molecule has 0 amide bonds. The second-order valence-corrected chi connectivity index (χ2v) is 23.3. The Morgan fingerprint density at radius 1 is 0.577 bits per heavy atom. The van der Waals surface area contributed by atoms with Gasteiger partial charge in [-0.2, -0.15) is 4.57 Å². The second kappa shape index (κ2) is 15.7. The predicted molar refractivity (Wildman–Crippen MR) is 294 cm³/mol. The van der Waals surface area contributed by atoms with E-state index in [0.29, 0.717) is 0 Å². The fraction of sp³-hybridized carbons (Fsp3) is 0.284. The molecule has 0 bridgehead atoms. The van der Waals surface area contributed by atoms with Gasteiger partial charge < -0.3 is 4.74 Å². The molecule has 0 radical (unpaired) electrons. The van der Waals surface area contributed by atoms with E-state index in [4.69, 9.17) is 6.11 Å². The van der Waals surface area contributed by atoms with Gasteiger partial charge in [-0.3, -0.25) is 0 Å². The van der Waals surface area contributed by atoms with Crippen LogP contribution in [0.1, 0.15) is 142 Å². The van der Waals surface area contributed by atoms with Gasteiger partial charge in [-0.05, 0) is 139 Å². The number of hydrogen-bond acceptors (Lipinski definition) is 1. The molecule has 2 aromatic heterocycles. The first-order valence-corrected chi connectivity index (χ1v) is 25.6. The Hall–Kier alpha value is -7.04. The van der Waals surface area contributed by atoms with Crippen molar-refractivity contribution in [2.45, 2.75) is 124 Å². The van der Waals surface area contributed by atoms with E-state index < -0.39 is 17.6 Å². The summed E-state index contributed by atoms with van der Waals surface area (Å²) in [4.78, 5) is 0. The number of aromatic nitrogens is 3. The van der Waals surface area contributed by atoms with E-state index in [9.17, 15) is 1.37 Å². The quantitative estimate of drug-likeness (QED) is 0.146. The van der Waals surface area contributed by atoms with Crippen LogP contribution in [-0.2, 0) is 16.7 Å². The van der Waals surface area contributed by atoms with Crippen molar-refractivity contribution in [1.82, 2.24) is 4.57 Å². The summed E-state index contributed by atoms with van der Waals surface area (Å²) in [5.41, 5.74) is 23.3. The summed E-state index contributed by atoms with van der Waals surface area (Å²) >= 11 is 0. The highest BCUT2D eigenvalue weighted by molar-refractivity contribution is 5.99. The largest absolute Gasteiger partial charge is 0.499 e. The second-order valence-electron chi connectivity index (χ2n) is 23.3. The molecule has 1 unspecified atom stereocenters. The average Bonchev–Trinajstić information content (AvgIpc) is 3.83. The lowest BCUT2D eigenvalue weighted by Crippen LogP contribution is -2.78. The van der Waals surface area contributed by atoms with E-state index in [1.54, 1.807) is 0 Å². The summed E-state index contributed by atoms with van der Waals surface area (Å²) in [6.07, 6.45) is 2.26. The molecule has 0 saturated heterocycles. The van der Waals surface area contributed by atoms with E-state index in [1.165, 1.54) is 22.3 Å². The van der Waals surface area contributed by atoms with Gasteiger partial charge in [0.2, 0.25) is 5.69 Å². The van der Waals surface area contributed by atoms with Crippen LogP contribution in [0.3, 0.4) is 0 Å². The lowest BCUT2D eigenvalue weighted by atomic mass is 9.78. The molecule has 9 aromatic rings. The molecule has 1 spiro atoms. The Morgan fingerprint density at radius 3 is 1.94 bits per heavy atom. The van der Waals surface area contributed by atoms with Gasteiger partial charge in [0, 0.05) is 31.6 Å². The first-order chi connectivity index (χ1) is 34.5. The third-order valence-electron chi connectivity index (χ3n) is 15.7. The number of hydrogen-bond donors (Lipinski definition) is 0. The summed E-state index contributed by atoms with van der Waals surface area (Å²) in [7, 11) is 0. The maximum Gasteiger partial charge on any atom is 0.499 e. The van der Waals surface area contributed by atoms with Crippen molar-refractivity contribution < 1.29 is 16.6 Å². The van der Waals surface area contributed by atoms with Gasteiger partial charge in [0.25, 0.3) is 0 Å². The molecule has 4 nitrogen and oxygen atoms in total. The van der Waals surface area contributed by atoms with Crippen LogP contribution in [0.15, 0.2) is 152 Å². The van der Waals surface area contributed by atoms with E-state index in [1.807, 2.05) is 27.7 Å². The predicted octanol–water partition coefficient (Wildman–Crippen LogP) is 16.7. The molecule has 3 aliphatic heterocycles. The van der Waals surface area contributed by atoms with Crippen molar-refractivity contribution in [1.29, 1.82) is 0 Å². The van der Waals surface area contributed by atoms with Gasteiger partial charge in [-0.15, -0.1) is 9.13 Å². The summed E-state index contributed by atoms with van der Waals surface area (Å²) < 4.78 is 33.7.